The van der Waals surface area contributed by atoms with E-state index in [9.17, 15) is 4.79 Å². The van der Waals surface area contributed by atoms with E-state index in [1.807, 2.05) is 6.92 Å². The molecule has 0 heterocycles. The monoisotopic (exact) mass is 157 g/mol. The topological polar surface area (TPSA) is 86.1 Å². The molecule has 0 bridgehead atoms. The van der Waals surface area contributed by atoms with E-state index in [1.165, 1.54) is 0 Å². The molecule has 0 saturated heterocycles. The first-order valence-corrected chi connectivity index (χ1v) is 3.40. The van der Waals surface area contributed by atoms with Crippen molar-refractivity contribution in [2.45, 2.75) is 26.3 Å². The van der Waals surface area contributed by atoms with Crippen molar-refractivity contribution in [3.8, 4) is 0 Å². The van der Waals surface area contributed by atoms with Crippen molar-refractivity contribution in [1.82, 2.24) is 0 Å². The Balaban J connectivity index is 4.32. The van der Waals surface area contributed by atoms with Gasteiger partial charge >= 0.3 is 5.97 Å². The standard InChI is InChI=1S/C6H11N3O2/c1-3-4(2)5(6(10)11)8-9-7/h4-5H,3H2,1-2H3,(H,10,11). The van der Waals surface area contributed by atoms with Crippen molar-refractivity contribution in [2.24, 2.45) is 11.0 Å². The van der Waals surface area contributed by atoms with Crippen LogP contribution in [-0.4, -0.2) is 17.1 Å². The molecule has 0 aliphatic carbocycles. The molecule has 0 aromatic heterocycles. The third-order valence-electron chi connectivity index (χ3n) is 1.61. The lowest BCUT2D eigenvalue weighted by molar-refractivity contribution is -0.139. The van der Waals surface area contributed by atoms with Gasteiger partial charge in [0.1, 0.15) is 6.04 Å². The maximum absolute atomic E-state index is 10.4. The van der Waals surface area contributed by atoms with Gasteiger partial charge in [-0.1, -0.05) is 25.4 Å². The lowest BCUT2D eigenvalue weighted by Crippen LogP contribution is -2.24. The van der Waals surface area contributed by atoms with E-state index in [0.29, 0.717) is 6.42 Å². The number of carboxylic acids is 1. The Labute approximate surface area is 64.7 Å². The fraction of sp³-hybridized carbons (Fsp3) is 0.833. The van der Waals surface area contributed by atoms with E-state index in [-0.39, 0.29) is 5.92 Å². The first-order valence-electron chi connectivity index (χ1n) is 3.40. The number of carbonyl (C=O) groups is 1. The molecule has 62 valence electrons. The molecular weight excluding hydrogens is 146 g/mol. The van der Waals surface area contributed by atoms with Gasteiger partial charge in [-0.05, 0) is 11.4 Å². The molecule has 0 fully saturated rings. The van der Waals surface area contributed by atoms with Crippen LogP contribution >= 0.6 is 0 Å². The molecule has 5 nitrogen and oxygen atoms in total. The van der Waals surface area contributed by atoms with Crippen molar-refractivity contribution < 1.29 is 9.90 Å². The molecule has 0 saturated carbocycles. The van der Waals surface area contributed by atoms with Crippen LogP contribution in [-0.2, 0) is 4.79 Å². The van der Waals surface area contributed by atoms with Crippen LogP contribution in [0.3, 0.4) is 0 Å². The van der Waals surface area contributed by atoms with Gasteiger partial charge < -0.3 is 5.11 Å². The lowest BCUT2D eigenvalue weighted by Gasteiger charge is -2.11. The van der Waals surface area contributed by atoms with Crippen LogP contribution in [0, 0.1) is 5.92 Å². The fourth-order valence-electron chi connectivity index (χ4n) is 0.685. The predicted molar refractivity (Wildman–Crippen MR) is 40.0 cm³/mol. The minimum Gasteiger partial charge on any atom is -0.481 e. The number of rotatable bonds is 4. The van der Waals surface area contributed by atoms with Gasteiger partial charge in [0.15, 0.2) is 0 Å². The Morgan fingerprint density at radius 1 is 1.82 bits per heavy atom. The summed E-state index contributed by atoms with van der Waals surface area (Å²) in [6.45, 7) is 3.60. The highest BCUT2D eigenvalue weighted by molar-refractivity contribution is 5.73. The van der Waals surface area contributed by atoms with Crippen molar-refractivity contribution >= 4 is 5.97 Å². The van der Waals surface area contributed by atoms with E-state index >= 15 is 0 Å². The summed E-state index contributed by atoms with van der Waals surface area (Å²) < 4.78 is 0. The average Bonchev–Trinajstić information content (AvgIpc) is 1.98. The van der Waals surface area contributed by atoms with Crippen LogP contribution in [0.4, 0.5) is 0 Å². The van der Waals surface area contributed by atoms with Crippen LogP contribution in [0.15, 0.2) is 5.11 Å². The van der Waals surface area contributed by atoms with Gasteiger partial charge in [-0.3, -0.25) is 4.79 Å². The van der Waals surface area contributed by atoms with Crippen molar-refractivity contribution in [3.63, 3.8) is 0 Å². The second-order valence-corrected chi connectivity index (χ2v) is 2.37. The van der Waals surface area contributed by atoms with Crippen LogP contribution < -0.4 is 0 Å². The van der Waals surface area contributed by atoms with E-state index in [4.69, 9.17) is 10.6 Å². The Morgan fingerprint density at radius 3 is 2.64 bits per heavy atom. The van der Waals surface area contributed by atoms with Crippen molar-refractivity contribution in [2.75, 3.05) is 0 Å². The summed E-state index contributed by atoms with van der Waals surface area (Å²) in [6, 6.07) is -0.926. The highest BCUT2D eigenvalue weighted by Gasteiger charge is 2.21. The number of hydrogen-bond donors (Lipinski definition) is 1. The SMILES string of the molecule is CCC(C)C(N=[N+]=[N-])C(=O)O. The van der Waals surface area contributed by atoms with Gasteiger partial charge in [0, 0.05) is 4.91 Å². The van der Waals surface area contributed by atoms with Crippen LogP contribution in [0.2, 0.25) is 0 Å². The zero-order chi connectivity index (χ0) is 8.85. The summed E-state index contributed by atoms with van der Waals surface area (Å²) in [5, 5.41) is 11.7. The molecule has 0 aliphatic heterocycles. The maximum Gasteiger partial charge on any atom is 0.312 e. The molecule has 2 unspecified atom stereocenters. The predicted octanol–water partition coefficient (Wildman–Crippen LogP) is 1.80. The number of carboxylic acid groups (broad SMARTS) is 1. The molecular formula is C6H11N3O2. The zero-order valence-corrected chi connectivity index (χ0v) is 6.56. The smallest absolute Gasteiger partial charge is 0.312 e. The number of hydrogen-bond acceptors (Lipinski definition) is 2. The number of aliphatic carboxylic acids is 1. The summed E-state index contributed by atoms with van der Waals surface area (Å²) in [6.07, 6.45) is 0.690. The Morgan fingerprint density at radius 2 is 2.36 bits per heavy atom. The van der Waals surface area contributed by atoms with E-state index in [1.54, 1.807) is 6.92 Å². The largest absolute Gasteiger partial charge is 0.481 e. The van der Waals surface area contributed by atoms with Gasteiger partial charge in [-0.25, -0.2) is 0 Å². The molecule has 0 radical (unpaired) electrons. The molecule has 2 atom stereocenters. The van der Waals surface area contributed by atoms with Crippen LogP contribution in [0.1, 0.15) is 20.3 Å². The van der Waals surface area contributed by atoms with E-state index in [0.717, 1.165) is 0 Å². The van der Waals surface area contributed by atoms with E-state index < -0.39 is 12.0 Å². The minimum atomic E-state index is -1.06. The van der Waals surface area contributed by atoms with E-state index in [2.05, 4.69) is 10.0 Å². The number of nitrogens with zero attached hydrogens (tertiary/aromatic N) is 3. The maximum atomic E-state index is 10.4. The highest BCUT2D eigenvalue weighted by atomic mass is 16.4. The van der Waals surface area contributed by atoms with Crippen molar-refractivity contribution in [3.05, 3.63) is 10.4 Å². The first kappa shape index (κ1) is 9.78. The minimum absolute atomic E-state index is 0.108. The summed E-state index contributed by atoms with van der Waals surface area (Å²) >= 11 is 0. The Hall–Kier alpha value is -1.22. The third-order valence-corrected chi connectivity index (χ3v) is 1.61. The van der Waals surface area contributed by atoms with Crippen molar-refractivity contribution in [1.29, 1.82) is 0 Å². The lowest BCUT2D eigenvalue weighted by atomic mass is 10.0. The normalized spacial score (nSPS) is 14.7. The molecule has 11 heavy (non-hydrogen) atoms. The van der Waals surface area contributed by atoms with Gasteiger partial charge in [0.25, 0.3) is 0 Å². The van der Waals surface area contributed by atoms with Gasteiger partial charge in [-0.2, -0.15) is 0 Å². The van der Waals surface area contributed by atoms with Crippen LogP contribution in [0.5, 0.6) is 0 Å². The zero-order valence-electron chi connectivity index (χ0n) is 6.56. The summed E-state index contributed by atoms with van der Waals surface area (Å²) in [7, 11) is 0. The molecule has 0 rings (SSSR count). The van der Waals surface area contributed by atoms with Crippen LogP contribution in [0.25, 0.3) is 10.4 Å². The molecule has 0 aromatic carbocycles. The average molecular weight is 157 g/mol. The first-order chi connectivity index (χ1) is 5.13. The highest BCUT2D eigenvalue weighted by Crippen LogP contribution is 2.11. The Kier molecular flexibility index (Phi) is 4.07. The van der Waals surface area contributed by atoms with Gasteiger partial charge in [-0.15, -0.1) is 0 Å². The summed E-state index contributed by atoms with van der Waals surface area (Å²) in [5.41, 5.74) is 8.02. The fourth-order valence-corrected chi connectivity index (χ4v) is 0.685. The Bertz CT molecular complexity index is 184. The molecule has 5 heteroatoms. The second-order valence-electron chi connectivity index (χ2n) is 2.37. The quantitative estimate of drug-likeness (QED) is 0.383. The molecule has 0 spiro atoms. The van der Waals surface area contributed by atoms with Gasteiger partial charge in [0.05, 0.1) is 0 Å². The molecule has 0 aliphatic rings. The number of azide groups is 1. The third kappa shape index (κ3) is 2.91. The molecule has 0 aromatic rings. The summed E-state index contributed by atoms with van der Waals surface area (Å²) in [5.74, 6) is -1.17. The van der Waals surface area contributed by atoms with Gasteiger partial charge in [0.2, 0.25) is 0 Å². The summed E-state index contributed by atoms with van der Waals surface area (Å²) in [4.78, 5) is 12.9. The molecule has 0 amide bonds. The molecule has 1 N–H and O–H groups in total. The second kappa shape index (κ2) is 4.57.